The molecule has 204 valence electrons. The summed E-state index contributed by atoms with van der Waals surface area (Å²) in [6, 6.07) is 14.4. The Balaban J connectivity index is 1.48. The van der Waals surface area contributed by atoms with Crippen molar-refractivity contribution in [3.63, 3.8) is 0 Å². The number of rotatable bonds is 7. The molecule has 1 aromatic heterocycles. The third-order valence-electron chi connectivity index (χ3n) is 6.22. The average molecular weight is 533 g/mol. The van der Waals surface area contributed by atoms with Crippen molar-refractivity contribution in [2.75, 3.05) is 19.7 Å². The molecule has 0 spiro atoms. The van der Waals surface area contributed by atoms with Crippen LogP contribution in [0, 0.1) is 0 Å². The first-order valence-corrected chi connectivity index (χ1v) is 12.9. The molecule has 2 aromatic carbocycles. The Morgan fingerprint density at radius 2 is 1.82 bits per heavy atom. The van der Waals surface area contributed by atoms with E-state index in [4.69, 9.17) is 4.74 Å². The number of hydrogen-bond acceptors (Lipinski definition) is 6. The lowest BCUT2D eigenvalue weighted by Gasteiger charge is -2.23. The number of amides is 4. The van der Waals surface area contributed by atoms with Gasteiger partial charge >= 0.3 is 0 Å². The molecule has 1 aliphatic rings. The molecule has 4 rings (SSSR count). The number of ether oxygens (including phenoxy) is 1. The zero-order chi connectivity index (χ0) is 27.5. The van der Waals surface area contributed by atoms with Crippen LogP contribution in [0.1, 0.15) is 34.5 Å². The quantitative estimate of drug-likeness (QED) is 0.285. The number of carbonyl (C=O) groups excluding carboxylic acids is 4. The molecular weight excluding hydrogens is 500 g/mol. The van der Waals surface area contributed by atoms with Crippen LogP contribution in [-0.2, 0) is 27.2 Å². The molecular formula is C28H32N6O5. The number of hydrogen-bond donors (Lipinski definition) is 5. The second-order valence-electron chi connectivity index (χ2n) is 9.15. The second-order valence-corrected chi connectivity index (χ2v) is 9.15. The standard InChI is InChI=1S/C28H32N6O5/c35-25-16-23(28(38)30-12-6-9-19-7-2-1-3-8-19)34-26(36)21-10-4-5-11-24(21)39-14-13-31-27(37)22(33-25)15-20-17-29-18-32-20/h1-5,7-8,10-11,17-18,22-23H,6,9,12-16H2,(H,29,32)(H,30,38)(H,31,37)(H,33,35)(H,34,36)/t22-,23-/m0/s1. The fourth-order valence-corrected chi connectivity index (χ4v) is 4.22. The molecule has 0 radical (unpaired) electrons. The third-order valence-corrected chi connectivity index (χ3v) is 6.22. The van der Waals surface area contributed by atoms with Crippen LogP contribution in [0.2, 0.25) is 0 Å². The molecule has 2 heterocycles. The van der Waals surface area contributed by atoms with Crippen molar-refractivity contribution in [1.82, 2.24) is 31.2 Å². The molecule has 4 amide bonds. The van der Waals surface area contributed by atoms with Crippen molar-refractivity contribution < 1.29 is 23.9 Å². The predicted molar refractivity (Wildman–Crippen MR) is 143 cm³/mol. The van der Waals surface area contributed by atoms with Crippen molar-refractivity contribution in [1.29, 1.82) is 0 Å². The SMILES string of the molecule is O=C1C[C@@H](C(=O)NCCCc2ccccc2)NC(=O)c2ccccc2OCCNC(=O)[C@H](Cc2cnc[nH]2)N1. The lowest BCUT2D eigenvalue weighted by Crippen LogP contribution is -2.53. The fraction of sp³-hybridized carbons (Fsp3) is 0.321. The van der Waals surface area contributed by atoms with Crippen LogP contribution in [0.3, 0.4) is 0 Å². The molecule has 0 saturated heterocycles. The molecule has 11 nitrogen and oxygen atoms in total. The van der Waals surface area contributed by atoms with Gasteiger partial charge in [0.1, 0.15) is 24.4 Å². The number of nitrogens with zero attached hydrogens (tertiary/aromatic N) is 1. The van der Waals surface area contributed by atoms with Crippen molar-refractivity contribution in [2.45, 2.75) is 37.8 Å². The highest BCUT2D eigenvalue weighted by atomic mass is 16.5. The molecule has 39 heavy (non-hydrogen) atoms. The number of benzene rings is 2. The fourth-order valence-electron chi connectivity index (χ4n) is 4.22. The summed E-state index contributed by atoms with van der Waals surface area (Å²) in [5, 5.41) is 10.9. The van der Waals surface area contributed by atoms with Gasteiger partial charge < -0.3 is 31.0 Å². The number of aryl methyl sites for hydroxylation is 1. The van der Waals surface area contributed by atoms with E-state index in [9.17, 15) is 19.2 Å². The predicted octanol–water partition coefficient (Wildman–Crippen LogP) is 0.883. The van der Waals surface area contributed by atoms with Gasteiger partial charge in [-0.25, -0.2) is 4.98 Å². The normalized spacial score (nSPS) is 18.4. The number of fused-ring (bicyclic) bond motifs is 1. The van der Waals surface area contributed by atoms with Gasteiger partial charge in [-0.15, -0.1) is 0 Å². The summed E-state index contributed by atoms with van der Waals surface area (Å²) in [7, 11) is 0. The van der Waals surface area contributed by atoms with Crippen molar-refractivity contribution in [3.05, 3.63) is 83.9 Å². The minimum absolute atomic E-state index is 0.103. The van der Waals surface area contributed by atoms with Crippen LogP contribution in [0.5, 0.6) is 5.75 Å². The van der Waals surface area contributed by atoms with Crippen LogP contribution in [-0.4, -0.2) is 65.4 Å². The first kappa shape index (κ1) is 27.4. The Hall–Kier alpha value is -4.67. The Labute approximate surface area is 226 Å². The zero-order valence-corrected chi connectivity index (χ0v) is 21.4. The van der Waals surface area contributed by atoms with Crippen molar-refractivity contribution in [2.24, 2.45) is 0 Å². The van der Waals surface area contributed by atoms with Gasteiger partial charge in [-0.1, -0.05) is 42.5 Å². The number of imidazole rings is 1. The molecule has 5 N–H and O–H groups in total. The number of aromatic amines is 1. The lowest BCUT2D eigenvalue weighted by atomic mass is 10.1. The van der Waals surface area contributed by atoms with E-state index >= 15 is 0 Å². The largest absolute Gasteiger partial charge is 0.491 e. The van der Waals surface area contributed by atoms with E-state index in [0.717, 1.165) is 12.0 Å². The number of aromatic nitrogens is 2. The number of H-pyrrole nitrogens is 1. The maximum Gasteiger partial charge on any atom is 0.255 e. The minimum atomic E-state index is -1.17. The van der Waals surface area contributed by atoms with E-state index in [-0.39, 0.29) is 31.6 Å². The Kier molecular flexibility index (Phi) is 9.65. The summed E-state index contributed by atoms with van der Waals surface area (Å²) < 4.78 is 5.75. The molecule has 0 fully saturated rings. The van der Waals surface area contributed by atoms with Gasteiger partial charge in [-0.2, -0.15) is 0 Å². The van der Waals surface area contributed by atoms with E-state index in [1.807, 2.05) is 30.3 Å². The van der Waals surface area contributed by atoms with E-state index < -0.39 is 35.7 Å². The van der Waals surface area contributed by atoms with Crippen LogP contribution < -0.4 is 26.0 Å². The van der Waals surface area contributed by atoms with Crippen LogP contribution >= 0.6 is 0 Å². The molecule has 0 bridgehead atoms. The summed E-state index contributed by atoms with van der Waals surface area (Å²) in [5.41, 5.74) is 2.03. The number of nitrogens with one attached hydrogen (secondary N) is 5. The first-order chi connectivity index (χ1) is 19.0. The molecule has 2 atom stereocenters. The Morgan fingerprint density at radius 3 is 2.62 bits per heavy atom. The average Bonchev–Trinajstić information content (AvgIpc) is 3.46. The lowest BCUT2D eigenvalue weighted by molar-refractivity contribution is -0.131. The summed E-state index contributed by atoms with van der Waals surface area (Å²) in [6.07, 6.45) is 4.32. The van der Waals surface area contributed by atoms with E-state index in [1.54, 1.807) is 30.5 Å². The van der Waals surface area contributed by atoms with Crippen molar-refractivity contribution in [3.8, 4) is 5.75 Å². The summed E-state index contributed by atoms with van der Waals surface area (Å²) in [6.45, 7) is 0.635. The molecule has 0 saturated carbocycles. The van der Waals surface area contributed by atoms with Gasteiger partial charge in [0.15, 0.2) is 0 Å². The van der Waals surface area contributed by atoms with E-state index in [2.05, 4.69) is 31.2 Å². The summed E-state index contributed by atoms with van der Waals surface area (Å²) in [4.78, 5) is 59.1. The topological polar surface area (TPSA) is 154 Å². The van der Waals surface area contributed by atoms with Crippen LogP contribution in [0.25, 0.3) is 0 Å². The molecule has 1 aliphatic heterocycles. The minimum Gasteiger partial charge on any atom is -0.491 e. The maximum atomic E-state index is 13.2. The van der Waals surface area contributed by atoms with Gasteiger partial charge in [0.2, 0.25) is 17.7 Å². The Bertz CT molecular complexity index is 1260. The van der Waals surface area contributed by atoms with E-state index in [1.165, 1.54) is 6.33 Å². The highest BCUT2D eigenvalue weighted by Gasteiger charge is 2.28. The first-order valence-electron chi connectivity index (χ1n) is 12.9. The highest BCUT2D eigenvalue weighted by Crippen LogP contribution is 2.18. The monoisotopic (exact) mass is 532 g/mol. The van der Waals surface area contributed by atoms with Gasteiger partial charge in [-0.05, 0) is 30.5 Å². The number of carbonyl (C=O) groups is 4. The highest BCUT2D eigenvalue weighted by molar-refractivity contribution is 6.01. The molecule has 11 heteroatoms. The van der Waals surface area contributed by atoms with E-state index in [0.29, 0.717) is 24.4 Å². The molecule has 3 aromatic rings. The smallest absolute Gasteiger partial charge is 0.255 e. The third kappa shape index (κ3) is 8.16. The second kappa shape index (κ2) is 13.8. The summed E-state index contributed by atoms with van der Waals surface area (Å²) in [5.74, 6) is -1.69. The van der Waals surface area contributed by atoms with Gasteiger partial charge in [0.25, 0.3) is 5.91 Å². The van der Waals surface area contributed by atoms with Crippen molar-refractivity contribution >= 4 is 23.6 Å². The molecule has 0 aliphatic carbocycles. The molecule has 0 unspecified atom stereocenters. The van der Waals surface area contributed by atoms with Gasteiger partial charge in [0.05, 0.1) is 24.9 Å². The van der Waals surface area contributed by atoms with Gasteiger partial charge in [0, 0.05) is 24.9 Å². The Morgan fingerprint density at radius 1 is 1.03 bits per heavy atom. The summed E-state index contributed by atoms with van der Waals surface area (Å²) >= 11 is 0. The van der Waals surface area contributed by atoms with Crippen LogP contribution in [0.4, 0.5) is 0 Å². The van der Waals surface area contributed by atoms with Gasteiger partial charge in [-0.3, -0.25) is 19.2 Å². The number of para-hydroxylation sites is 1. The maximum absolute atomic E-state index is 13.2. The van der Waals surface area contributed by atoms with Crippen LogP contribution in [0.15, 0.2) is 67.1 Å². The zero-order valence-electron chi connectivity index (χ0n) is 21.4.